The second kappa shape index (κ2) is 9.04. The number of hydrogen-bond acceptors (Lipinski definition) is 5. The number of carbonyl (C=O) groups is 2. The van der Waals surface area contributed by atoms with Crippen molar-refractivity contribution >= 4 is 17.4 Å². The maximum Gasteiger partial charge on any atom is 0.416 e. The molecule has 0 N–H and O–H groups in total. The molecule has 0 saturated carbocycles. The summed E-state index contributed by atoms with van der Waals surface area (Å²) in [7, 11) is 4.47. The van der Waals surface area contributed by atoms with Gasteiger partial charge in [-0.15, -0.1) is 0 Å². The molecule has 34 heavy (non-hydrogen) atoms. The second-order valence-electron chi connectivity index (χ2n) is 8.12. The minimum atomic E-state index is -4.48. The van der Waals surface area contributed by atoms with E-state index in [0.29, 0.717) is 59.0 Å². The number of anilines is 1. The van der Waals surface area contributed by atoms with Crippen LogP contribution in [0.15, 0.2) is 47.7 Å². The van der Waals surface area contributed by atoms with Crippen LogP contribution in [0.5, 0.6) is 17.2 Å². The van der Waals surface area contributed by atoms with E-state index in [1.165, 1.54) is 38.4 Å². The molecule has 9 heteroatoms. The summed E-state index contributed by atoms with van der Waals surface area (Å²) in [6.07, 6.45) is -3.18. The highest BCUT2D eigenvalue weighted by Crippen LogP contribution is 2.48. The molecule has 0 radical (unpaired) electrons. The Balaban J connectivity index is 1.85. The molecule has 0 unspecified atom stereocenters. The summed E-state index contributed by atoms with van der Waals surface area (Å²) >= 11 is 0. The van der Waals surface area contributed by atoms with Gasteiger partial charge in [0.15, 0.2) is 17.3 Å². The van der Waals surface area contributed by atoms with Gasteiger partial charge in [0.25, 0.3) is 0 Å². The Labute approximate surface area is 194 Å². The fraction of sp³-hybridized carbons (Fsp3) is 0.360. The van der Waals surface area contributed by atoms with E-state index in [1.54, 1.807) is 12.1 Å². The maximum absolute atomic E-state index is 13.4. The van der Waals surface area contributed by atoms with Crippen molar-refractivity contribution in [2.45, 2.75) is 37.8 Å². The first-order valence-corrected chi connectivity index (χ1v) is 10.8. The van der Waals surface area contributed by atoms with Crippen molar-refractivity contribution in [2.75, 3.05) is 26.2 Å². The molecule has 180 valence electrons. The van der Waals surface area contributed by atoms with E-state index in [4.69, 9.17) is 14.2 Å². The summed E-state index contributed by atoms with van der Waals surface area (Å²) in [4.78, 5) is 27.9. The Morgan fingerprint density at radius 3 is 2.09 bits per heavy atom. The number of Topliss-reactive ketones (excluding diaryl/α,β-unsaturated/α-hetero) is 1. The van der Waals surface area contributed by atoms with Crippen LogP contribution >= 0.6 is 0 Å². The third kappa shape index (κ3) is 4.10. The van der Waals surface area contributed by atoms with Crippen molar-refractivity contribution in [1.82, 2.24) is 0 Å². The van der Waals surface area contributed by atoms with Crippen molar-refractivity contribution in [3.05, 3.63) is 58.8 Å². The molecule has 1 heterocycles. The monoisotopic (exact) mass is 475 g/mol. The Hall–Kier alpha value is -3.49. The van der Waals surface area contributed by atoms with Gasteiger partial charge in [0.05, 0.1) is 26.9 Å². The molecule has 2 aromatic rings. The number of ether oxygens (including phenoxy) is 3. The molecule has 2 aromatic carbocycles. The van der Waals surface area contributed by atoms with Crippen molar-refractivity contribution < 1.29 is 37.0 Å². The largest absolute Gasteiger partial charge is 0.496 e. The van der Waals surface area contributed by atoms with Crippen molar-refractivity contribution in [2.24, 2.45) is 0 Å². The van der Waals surface area contributed by atoms with Gasteiger partial charge in [-0.05, 0) is 43.2 Å². The van der Waals surface area contributed by atoms with Gasteiger partial charge in [0, 0.05) is 47.3 Å². The SMILES string of the molecule is COc1cc(OC)c([C@@H]2CC(=O)N(c3ccc(C(F)(F)F)cc3)C3=C2C(=O)CCC3)cc1OC. The number of carbonyl (C=O) groups excluding carboxylic acids is 2. The number of rotatable bonds is 5. The van der Waals surface area contributed by atoms with E-state index in [2.05, 4.69) is 0 Å². The number of ketones is 1. The Bertz CT molecular complexity index is 1150. The number of benzene rings is 2. The van der Waals surface area contributed by atoms with Gasteiger partial charge in [-0.2, -0.15) is 13.2 Å². The highest BCUT2D eigenvalue weighted by atomic mass is 19.4. The maximum atomic E-state index is 13.4. The molecule has 0 aromatic heterocycles. The molecule has 1 amide bonds. The van der Waals surface area contributed by atoms with E-state index in [-0.39, 0.29) is 18.1 Å². The zero-order chi connectivity index (χ0) is 24.6. The molecular weight excluding hydrogens is 451 g/mol. The summed E-state index contributed by atoms with van der Waals surface area (Å²) in [6.45, 7) is 0. The minimum Gasteiger partial charge on any atom is -0.496 e. The molecule has 1 aliphatic heterocycles. The highest BCUT2D eigenvalue weighted by molar-refractivity contribution is 6.07. The summed E-state index contributed by atoms with van der Waals surface area (Å²) in [6, 6.07) is 7.77. The van der Waals surface area contributed by atoms with Crippen LogP contribution in [0.25, 0.3) is 0 Å². The second-order valence-corrected chi connectivity index (χ2v) is 8.12. The van der Waals surface area contributed by atoms with Crippen LogP contribution in [0.3, 0.4) is 0 Å². The first-order chi connectivity index (χ1) is 16.2. The van der Waals surface area contributed by atoms with Gasteiger partial charge >= 0.3 is 6.18 Å². The topological polar surface area (TPSA) is 65.1 Å². The number of halogens is 3. The number of nitrogens with zero attached hydrogens (tertiary/aromatic N) is 1. The number of hydrogen-bond donors (Lipinski definition) is 0. The number of methoxy groups -OCH3 is 3. The first-order valence-electron chi connectivity index (χ1n) is 10.8. The highest BCUT2D eigenvalue weighted by Gasteiger charge is 2.41. The average Bonchev–Trinajstić information content (AvgIpc) is 2.82. The Kier molecular flexibility index (Phi) is 6.29. The first kappa shape index (κ1) is 23.7. The molecule has 0 saturated heterocycles. The number of alkyl halides is 3. The lowest BCUT2D eigenvalue weighted by atomic mass is 9.76. The van der Waals surface area contributed by atoms with E-state index < -0.39 is 17.7 Å². The van der Waals surface area contributed by atoms with E-state index >= 15 is 0 Å². The quantitative estimate of drug-likeness (QED) is 0.591. The molecule has 0 bridgehead atoms. The van der Waals surface area contributed by atoms with E-state index in [0.717, 1.165) is 12.1 Å². The van der Waals surface area contributed by atoms with E-state index in [9.17, 15) is 22.8 Å². The molecule has 4 rings (SSSR count). The zero-order valence-electron chi connectivity index (χ0n) is 19.0. The molecule has 2 aliphatic rings. The van der Waals surface area contributed by atoms with Crippen LogP contribution in [0.4, 0.5) is 18.9 Å². The van der Waals surface area contributed by atoms with Crippen LogP contribution in [0.2, 0.25) is 0 Å². The van der Waals surface area contributed by atoms with Gasteiger partial charge in [-0.25, -0.2) is 0 Å². The standard InChI is InChI=1S/C25H24F3NO5/c1-32-20-13-22(34-3)21(33-2)11-16(20)17-12-23(31)29(18-5-4-6-19(30)24(17)18)15-9-7-14(8-10-15)25(26,27)28/h7-11,13,17H,4-6,12H2,1-3H3/t17-/m0/s1. The van der Waals surface area contributed by atoms with Crippen molar-refractivity contribution in [3.63, 3.8) is 0 Å². The fourth-order valence-corrected chi connectivity index (χ4v) is 4.68. The molecule has 1 atom stereocenters. The van der Waals surface area contributed by atoms with Gasteiger partial charge in [0.1, 0.15) is 5.75 Å². The Morgan fingerprint density at radius 1 is 0.882 bits per heavy atom. The fourth-order valence-electron chi connectivity index (χ4n) is 4.68. The summed E-state index contributed by atoms with van der Waals surface area (Å²) in [5.74, 6) is 0.351. The lowest BCUT2D eigenvalue weighted by Crippen LogP contribution is -2.40. The van der Waals surface area contributed by atoms with Crippen LogP contribution in [-0.4, -0.2) is 33.0 Å². The Morgan fingerprint density at radius 2 is 1.50 bits per heavy atom. The third-order valence-corrected chi connectivity index (χ3v) is 6.24. The van der Waals surface area contributed by atoms with Gasteiger partial charge in [-0.1, -0.05) is 0 Å². The minimum absolute atomic E-state index is 0.0442. The third-order valence-electron chi connectivity index (χ3n) is 6.24. The van der Waals surface area contributed by atoms with Crippen LogP contribution < -0.4 is 19.1 Å². The van der Waals surface area contributed by atoms with Crippen molar-refractivity contribution in [3.8, 4) is 17.2 Å². The normalized spacial score (nSPS) is 18.6. The molecule has 0 spiro atoms. The smallest absolute Gasteiger partial charge is 0.416 e. The van der Waals surface area contributed by atoms with Crippen molar-refractivity contribution in [1.29, 1.82) is 0 Å². The summed E-state index contributed by atoms with van der Waals surface area (Å²) in [5, 5.41) is 0. The van der Waals surface area contributed by atoms with Gasteiger partial charge < -0.3 is 14.2 Å². The molecule has 6 nitrogen and oxygen atoms in total. The number of amides is 1. The van der Waals surface area contributed by atoms with Crippen LogP contribution in [-0.2, 0) is 15.8 Å². The number of allylic oxidation sites excluding steroid dienone is 2. The van der Waals surface area contributed by atoms with Crippen LogP contribution in [0, 0.1) is 0 Å². The lowest BCUT2D eigenvalue weighted by molar-refractivity contribution is -0.137. The van der Waals surface area contributed by atoms with Gasteiger partial charge in [-0.3, -0.25) is 14.5 Å². The van der Waals surface area contributed by atoms with Gasteiger partial charge in [0.2, 0.25) is 5.91 Å². The lowest BCUT2D eigenvalue weighted by Gasteiger charge is -2.38. The summed E-state index contributed by atoms with van der Waals surface area (Å²) in [5.41, 5.74) is 1.12. The zero-order valence-corrected chi connectivity index (χ0v) is 19.0. The van der Waals surface area contributed by atoms with Crippen LogP contribution in [0.1, 0.15) is 42.7 Å². The predicted octanol–water partition coefficient (Wildman–Crippen LogP) is 5.26. The molecular formula is C25H24F3NO5. The molecule has 1 aliphatic carbocycles. The predicted molar refractivity (Wildman–Crippen MR) is 118 cm³/mol. The van der Waals surface area contributed by atoms with E-state index in [1.807, 2.05) is 0 Å². The molecule has 0 fully saturated rings. The summed E-state index contributed by atoms with van der Waals surface area (Å²) < 4.78 is 55.4. The average molecular weight is 475 g/mol.